The van der Waals surface area contributed by atoms with Gasteiger partial charge in [0.1, 0.15) is 23.2 Å². The van der Waals surface area contributed by atoms with E-state index in [1.807, 2.05) is 6.08 Å². The van der Waals surface area contributed by atoms with Crippen LogP contribution in [-0.4, -0.2) is 65.2 Å². The fourth-order valence-corrected chi connectivity index (χ4v) is 4.77. The van der Waals surface area contributed by atoms with Gasteiger partial charge in [-0.2, -0.15) is 0 Å². The number of fused-ring (bicyclic) bond motifs is 2. The first-order valence-corrected chi connectivity index (χ1v) is 12.5. The van der Waals surface area contributed by atoms with Crippen molar-refractivity contribution in [3.8, 4) is 0 Å². The Kier molecular flexibility index (Phi) is 8.25. The van der Waals surface area contributed by atoms with E-state index in [-0.39, 0.29) is 24.3 Å². The Hall–Kier alpha value is -2.58. The molecule has 0 aromatic carbocycles. The molecule has 1 unspecified atom stereocenters. The molecule has 0 aromatic rings. The van der Waals surface area contributed by atoms with Gasteiger partial charge in [0.15, 0.2) is 0 Å². The van der Waals surface area contributed by atoms with E-state index in [0.717, 1.165) is 25.7 Å². The Morgan fingerprint density at radius 3 is 2.65 bits per heavy atom. The molecule has 1 saturated heterocycles. The molecule has 190 valence electrons. The molecule has 3 rings (SSSR count). The van der Waals surface area contributed by atoms with Crippen molar-refractivity contribution in [3.05, 3.63) is 12.2 Å². The number of hydrogen-bond donors (Lipinski definition) is 2. The van der Waals surface area contributed by atoms with Gasteiger partial charge >= 0.3 is 12.1 Å². The maximum atomic E-state index is 13.5. The molecule has 2 N–H and O–H groups in total. The molecule has 4 atom stereocenters. The average Bonchev–Trinajstić information content (AvgIpc) is 3.21. The SMILES string of the molecule is CCOC(=O)[C@@]12C[C@H]1C=CCCCCCC(NC(=O)OC(C)(C)C)C(=O)N1CCC[C@H]1C(=O)N2. The molecule has 2 aliphatic heterocycles. The Labute approximate surface area is 202 Å². The summed E-state index contributed by atoms with van der Waals surface area (Å²) in [6, 6.07) is -1.45. The fourth-order valence-electron chi connectivity index (χ4n) is 4.77. The number of amides is 3. The number of nitrogens with zero attached hydrogens (tertiary/aromatic N) is 1. The van der Waals surface area contributed by atoms with Crippen LogP contribution < -0.4 is 10.6 Å². The second-order valence-electron chi connectivity index (χ2n) is 10.4. The highest BCUT2D eigenvalue weighted by atomic mass is 16.6. The first kappa shape index (κ1) is 26.0. The van der Waals surface area contributed by atoms with Gasteiger partial charge in [0.2, 0.25) is 11.8 Å². The van der Waals surface area contributed by atoms with Crippen LogP contribution in [0.5, 0.6) is 0 Å². The van der Waals surface area contributed by atoms with Crippen LogP contribution in [0.1, 0.15) is 79.1 Å². The zero-order valence-corrected chi connectivity index (χ0v) is 20.9. The summed E-state index contributed by atoms with van der Waals surface area (Å²) in [7, 11) is 0. The van der Waals surface area contributed by atoms with E-state index >= 15 is 0 Å². The molecule has 0 bridgehead atoms. The predicted octanol–water partition coefficient (Wildman–Crippen LogP) is 2.83. The third kappa shape index (κ3) is 6.30. The lowest BCUT2D eigenvalue weighted by Crippen LogP contribution is -2.56. The minimum atomic E-state index is -1.06. The van der Waals surface area contributed by atoms with Crippen molar-refractivity contribution in [3.63, 3.8) is 0 Å². The van der Waals surface area contributed by atoms with Crippen molar-refractivity contribution < 1.29 is 28.7 Å². The van der Waals surface area contributed by atoms with E-state index in [1.54, 1.807) is 32.6 Å². The van der Waals surface area contributed by atoms with Crippen molar-refractivity contribution in [2.45, 2.75) is 102 Å². The Morgan fingerprint density at radius 1 is 1.18 bits per heavy atom. The van der Waals surface area contributed by atoms with Crippen molar-refractivity contribution >= 4 is 23.9 Å². The number of carbonyl (C=O) groups excluding carboxylic acids is 4. The highest BCUT2D eigenvalue weighted by Gasteiger charge is 2.62. The zero-order valence-electron chi connectivity index (χ0n) is 20.9. The van der Waals surface area contributed by atoms with Gasteiger partial charge in [-0.1, -0.05) is 25.0 Å². The van der Waals surface area contributed by atoms with E-state index in [0.29, 0.717) is 32.2 Å². The number of esters is 1. The molecular formula is C25H39N3O6. The number of carbonyl (C=O) groups is 4. The smallest absolute Gasteiger partial charge is 0.408 e. The summed E-state index contributed by atoms with van der Waals surface area (Å²) in [6.45, 7) is 7.71. The molecule has 2 fully saturated rings. The van der Waals surface area contributed by atoms with Gasteiger partial charge in [0.05, 0.1) is 6.61 Å². The van der Waals surface area contributed by atoms with Gasteiger partial charge < -0.3 is 25.0 Å². The van der Waals surface area contributed by atoms with E-state index in [4.69, 9.17) is 9.47 Å². The molecule has 0 radical (unpaired) electrons. The molecule has 0 aromatic heterocycles. The summed E-state index contributed by atoms with van der Waals surface area (Å²) in [6.07, 6.45) is 9.02. The summed E-state index contributed by atoms with van der Waals surface area (Å²) < 4.78 is 10.6. The van der Waals surface area contributed by atoms with Gasteiger partial charge in [-0.25, -0.2) is 9.59 Å². The third-order valence-corrected chi connectivity index (χ3v) is 6.56. The molecule has 1 aliphatic carbocycles. The molecule has 34 heavy (non-hydrogen) atoms. The quantitative estimate of drug-likeness (QED) is 0.477. The van der Waals surface area contributed by atoms with Crippen LogP contribution in [0.15, 0.2) is 12.2 Å². The summed E-state index contributed by atoms with van der Waals surface area (Å²) in [5.41, 5.74) is -1.74. The minimum absolute atomic E-state index is 0.104. The van der Waals surface area contributed by atoms with E-state index < -0.39 is 35.3 Å². The molecule has 3 amide bonds. The Balaban J connectivity index is 1.81. The summed E-state index contributed by atoms with van der Waals surface area (Å²) in [4.78, 5) is 53.5. The van der Waals surface area contributed by atoms with Crippen molar-refractivity contribution in [2.24, 2.45) is 5.92 Å². The standard InChI is InChI=1S/C25H39N3O6/c1-5-33-22(31)25-16-17(25)12-9-7-6-8-10-13-18(26-23(32)34-24(2,3)4)21(30)28-15-11-14-19(28)20(29)27-25/h9,12,17-19H,5-8,10-11,13-16H2,1-4H3,(H,26,32)(H,27,29)/t17-,18?,19+,25-/m1/s1. The van der Waals surface area contributed by atoms with Crippen LogP contribution in [0, 0.1) is 5.92 Å². The average molecular weight is 478 g/mol. The van der Waals surface area contributed by atoms with Gasteiger partial charge in [-0.15, -0.1) is 0 Å². The molecule has 3 aliphatic rings. The van der Waals surface area contributed by atoms with Crippen LogP contribution in [0.2, 0.25) is 0 Å². The van der Waals surface area contributed by atoms with Crippen LogP contribution in [0.25, 0.3) is 0 Å². The van der Waals surface area contributed by atoms with Gasteiger partial charge in [0.25, 0.3) is 0 Å². The summed E-state index contributed by atoms with van der Waals surface area (Å²) >= 11 is 0. The second kappa shape index (κ2) is 10.8. The lowest BCUT2D eigenvalue weighted by Gasteiger charge is -2.30. The lowest BCUT2D eigenvalue weighted by molar-refractivity contribution is -0.150. The van der Waals surface area contributed by atoms with Crippen LogP contribution in [0.4, 0.5) is 4.79 Å². The molecule has 1 saturated carbocycles. The summed E-state index contributed by atoms with van der Waals surface area (Å²) in [5, 5.41) is 5.66. The van der Waals surface area contributed by atoms with Crippen molar-refractivity contribution in [1.29, 1.82) is 0 Å². The first-order chi connectivity index (χ1) is 16.1. The number of rotatable bonds is 3. The van der Waals surface area contributed by atoms with Gasteiger partial charge in [-0.3, -0.25) is 9.59 Å². The normalized spacial score (nSPS) is 30.2. The van der Waals surface area contributed by atoms with Gasteiger partial charge in [0, 0.05) is 12.5 Å². The molecule has 0 spiro atoms. The maximum absolute atomic E-state index is 13.5. The third-order valence-electron chi connectivity index (χ3n) is 6.56. The Bertz CT molecular complexity index is 820. The van der Waals surface area contributed by atoms with Gasteiger partial charge in [-0.05, 0) is 66.2 Å². The minimum Gasteiger partial charge on any atom is -0.464 e. The molecular weight excluding hydrogens is 438 g/mol. The Morgan fingerprint density at radius 2 is 1.94 bits per heavy atom. The molecule has 9 heteroatoms. The highest BCUT2D eigenvalue weighted by Crippen LogP contribution is 2.46. The number of nitrogens with one attached hydrogen (secondary N) is 2. The highest BCUT2D eigenvalue weighted by molar-refractivity contribution is 5.96. The zero-order chi connectivity index (χ0) is 24.9. The monoisotopic (exact) mass is 477 g/mol. The number of allylic oxidation sites excluding steroid dienone is 1. The predicted molar refractivity (Wildman–Crippen MR) is 126 cm³/mol. The van der Waals surface area contributed by atoms with Crippen LogP contribution in [0.3, 0.4) is 0 Å². The van der Waals surface area contributed by atoms with Crippen LogP contribution >= 0.6 is 0 Å². The topological polar surface area (TPSA) is 114 Å². The van der Waals surface area contributed by atoms with E-state index in [2.05, 4.69) is 16.7 Å². The number of hydrogen-bond acceptors (Lipinski definition) is 6. The lowest BCUT2D eigenvalue weighted by atomic mass is 10.0. The fraction of sp³-hybridized carbons (Fsp3) is 0.760. The number of ether oxygens (including phenoxy) is 2. The summed E-state index contributed by atoms with van der Waals surface area (Å²) in [5.74, 6) is -1.16. The van der Waals surface area contributed by atoms with Crippen molar-refractivity contribution in [1.82, 2.24) is 15.5 Å². The largest absolute Gasteiger partial charge is 0.464 e. The van der Waals surface area contributed by atoms with E-state index in [1.165, 1.54) is 0 Å². The molecule has 9 nitrogen and oxygen atoms in total. The maximum Gasteiger partial charge on any atom is 0.408 e. The van der Waals surface area contributed by atoms with E-state index in [9.17, 15) is 19.2 Å². The van der Waals surface area contributed by atoms with Crippen molar-refractivity contribution in [2.75, 3.05) is 13.2 Å². The number of alkyl carbamates (subject to hydrolysis) is 1. The first-order valence-electron chi connectivity index (χ1n) is 12.5. The second-order valence-corrected chi connectivity index (χ2v) is 10.4. The van der Waals surface area contributed by atoms with Crippen LogP contribution in [-0.2, 0) is 23.9 Å². The molecule has 2 heterocycles.